The molecule has 0 spiro atoms. The molecular formula is C19H25ClN4O2S. The van der Waals surface area contributed by atoms with Crippen LogP contribution in [0.25, 0.3) is 0 Å². The van der Waals surface area contributed by atoms with Gasteiger partial charge in [-0.15, -0.1) is 0 Å². The Labute approximate surface area is 166 Å². The van der Waals surface area contributed by atoms with E-state index in [0.29, 0.717) is 18.1 Å². The lowest BCUT2D eigenvalue weighted by atomic mass is 10.2. The van der Waals surface area contributed by atoms with Gasteiger partial charge >= 0.3 is 0 Å². The van der Waals surface area contributed by atoms with Crippen LogP contribution in [-0.2, 0) is 23.1 Å². The van der Waals surface area contributed by atoms with Gasteiger partial charge in [0.15, 0.2) is 5.96 Å². The number of guanidine groups is 1. The Morgan fingerprint density at radius 3 is 2.52 bits per heavy atom. The van der Waals surface area contributed by atoms with Gasteiger partial charge in [0.05, 0.1) is 11.4 Å². The summed E-state index contributed by atoms with van der Waals surface area (Å²) in [5.41, 5.74) is 1.90. The first-order chi connectivity index (χ1) is 12.9. The molecule has 0 atom stereocenters. The summed E-state index contributed by atoms with van der Waals surface area (Å²) >= 11 is 6.06. The van der Waals surface area contributed by atoms with E-state index in [0.717, 1.165) is 23.6 Å². The Morgan fingerprint density at radius 2 is 1.85 bits per heavy atom. The predicted molar refractivity (Wildman–Crippen MR) is 110 cm³/mol. The quantitative estimate of drug-likeness (QED) is 0.545. The fourth-order valence-corrected chi connectivity index (χ4v) is 3.56. The zero-order valence-corrected chi connectivity index (χ0v) is 17.3. The van der Waals surface area contributed by atoms with Gasteiger partial charge in [0.1, 0.15) is 0 Å². The molecule has 2 aromatic carbocycles. The number of sulfonamides is 1. The second-order valence-electron chi connectivity index (χ2n) is 6.01. The molecule has 0 aliphatic rings. The molecule has 0 saturated heterocycles. The number of nitrogens with zero attached hydrogens (tertiary/aromatic N) is 2. The van der Waals surface area contributed by atoms with Crippen molar-refractivity contribution in [2.75, 3.05) is 20.6 Å². The van der Waals surface area contributed by atoms with Crippen LogP contribution in [0.4, 0.5) is 0 Å². The Hall–Kier alpha value is -2.09. The van der Waals surface area contributed by atoms with Crippen LogP contribution in [-0.4, -0.2) is 39.9 Å². The number of rotatable bonds is 7. The van der Waals surface area contributed by atoms with Crippen molar-refractivity contribution in [3.8, 4) is 0 Å². The SMILES string of the molecule is CCNC(=NCc1cccc(S(=O)(=O)NC)c1)N(C)Cc1cccc(Cl)c1. The minimum atomic E-state index is -3.47. The van der Waals surface area contributed by atoms with Gasteiger partial charge < -0.3 is 10.2 Å². The van der Waals surface area contributed by atoms with Crippen molar-refractivity contribution in [1.82, 2.24) is 14.9 Å². The van der Waals surface area contributed by atoms with Crippen LogP contribution in [0, 0.1) is 0 Å². The van der Waals surface area contributed by atoms with Crippen molar-refractivity contribution in [3.63, 3.8) is 0 Å². The molecule has 2 rings (SSSR count). The molecule has 2 N–H and O–H groups in total. The average Bonchev–Trinajstić information content (AvgIpc) is 2.65. The molecule has 0 aliphatic carbocycles. The Balaban J connectivity index is 2.16. The van der Waals surface area contributed by atoms with Crippen LogP contribution >= 0.6 is 11.6 Å². The second-order valence-corrected chi connectivity index (χ2v) is 8.33. The summed E-state index contributed by atoms with van der Waals surface area (Å²) in [7, 11) is -0.122. The van der Waals surface area contributed by atoms with Gasteiger partial charge in [0, 0.05) is 25.2 Å². The molecular weight excluding hydrogens is 384 g/mol. The topological polar surface area (TPSA) is 73.8 Å². The van der Waals surface area contributed by atoms with E-state index >= 15 is 0 Å². The van der Waals surface area contributed by atoms with Gasteiger partial charge in [-0.05, 0) is 49.4 Å². The minimum absolute atomic E-state index is 0.231. The molecule has 0 bridgehead atoms. The molecule has 146 valence electrons. The Kier molecular flexibility index (Phi) is 7.65. The number of halogens is 1. The van der Waals surface area contributed by atoms with Gasteiger partial charge in [-0.2, -0.15) is 0 Å². The van der Waals surface area contributed by atoms with Crippen molar-refractivity contribution in [1.29, 1.82) is 0 Å². The molecule has 27 heavy (non-hydrogen) atoms. The van der Waals surface area contributed by atoms with E-state index in [1.165, 1.54) is 7.05 Å². The largest absolute Gasteiger partial charge is 0.357 e. The van der Waals surface area contributed by atoms with Crippen LogP contribution in [0.2, 0.25) is 5.02 Å². The third kappa shape index (κ3) is 6.23. The summed E-state index contributed by atoms with van der Waals surface area (Å²) in [6.45, 7) is 3.76. The van der Waals surface area contributed by atoms with Crippen LogP contribution in [0.1, 0.15) is 18.1 Å². The lowest BCUT2D eigenvalue weighted by molar-refractivity contribution is 0.477. The summed E-state index contributed by atoms with van der Waals surface area (Å²) in [6.07, 6.45) is 0. The van der Waals surface area contributed by atoms with E-state index < -0.39 is 10.0 Å². The predicted octanol–water partition coefficient (Wildman–Crippen LogP) is 2.85. The first kappa shape index (κ1) is 21.2. The highest BCUT2D eigenvalue weighted by atomic mass is 35.5. The normalized spacial score (nSPS) is 12.1. The maximum absolute atomic E-state index is 12.0. The molecule has 0 heterocycles. The fourth-order valence-electron chi connectivity index (χ4n) is 2.55. The summed E-state index contributed by atoms with van der Waals surface area (Å²) in [5.74, 6) is 0.736. The summed E-state index contributed by atoms with van der Waals surface area (Å²) in [5, 5.41) is 3.96. The Morgan fingerprint density at radius 1 is 1.15 bits per heavy atom. The standard InChI is InChI=1S/C19H25ClN4O2S/c1-4-22-19(24(3)14-16-8-5-9-17(20)11-16)23-13-15-7-6-10-18(12-15)27(25,26)21-2/h5-12,21H,4,13-14H2,1-3H3,(H,22,23). The molecule has 6 nitrogen and oxygen atoms in total. The molecule has 8 heteroatoms. The third-order valence-corrected chi connectivity index (χ3v) is 5.54. The van der Waals surface area contributed by atoms with Gasteiger partial charge in [-0.25, -0.2) is 18.1 Å². The zero-order valence-electron chi connectivity index (χ0n) is 15.7. The minimum Gasteiger partial charge on any atom is -0.357 e. The van der Waals surface area contributed by atoms with Crippen molar-refractivity contribution >= 4 is 27.6 Å². The highest BCUT2D eigenvalue weighted by Gasteiger charge is 2.12. The van der Waals surface area contributed by atoms with Crippen molar-refractivity contribution in [2.24, 2.45) is 4.99 Å². The van der Waals surface area contributed by atoms with Crippen LogP contribution in [0.5, 0.6) is 0 Å². The van der Waals surface area contributed by atoms with Crippen molar-refractivity contribution in [2.45, 2.75) is 24.9 Å². The van der Waals surface area contributed by atoms with E-state index in [1.807, 2.05) is 49.2 Å². The first-order valence-electron chi connectivity index (χ1n) is 8.62. The van der Waals surface area contributed by atoms with Crippen molar-refractivity contribution in [3.05, 3.63) is 64.7 Å². The summed E-state index contributed by atoms with van der Waals surface area (Å²) in [6, 6.07) is 14.5. The molecule has 2 aromatic rings. The maximum atomic E-state index is 12.0. The van der Waals surface area contributed by atoms with Crippen molar-refractivity contribution < 1.29 is 8.42 Å². The maximum Gasteiger partial charge on any atom is 0.240 e. The molecule has 0 unspecified atom stereocenters. The number of hydrogen-bond acceptors (Lipinski definition) is 3. The Bertz CT molecular complexity index is 900. The number of nitrogens with one attached hydrogen (secondary N) is 2. The van der Waals surface area contributed by atoms with Gasteiger partial charge in [0.25, 0.3) is 0 Å². The molecule has 0 amide bonds. The van der Waals surface area contributed by atoms with Gasteiger partial charge in [0.2, 0.25) is 10.0 Å². The van der Waals surface area contributed by atoms with Gasteiger partial charge in [-0.3, -0.25) is 0 Å². The molecule has 0 fully saturated rings. The lowest BCUT2D eigenvalue weighted by Gasteiger charge is -2.22. The van der Waals surface area contributed by atoms with Crippen LogP contribution in [0.3, 0.4) is 0 Å². The number of hydrogen-bond donors (Lipinski definition) is 2. The molecule has 0 saturated carbocycles. The molecule has 0 aliphatic heterocycles. The number of benzene rings is 2. The van der Waals surface area contributed by atoms with E-state index in [-0.39, 0.29) is 4.90 Å². The molecule has 0 radical (unpaired) electrons. The second kappa shape index (κ2) is 9.73. The van der Waals surface area contributed by atoms with Crippen LogP contribution in [0.15, 0.2) is 58.4 Å². The highest BCUT2D eigenvalue weighted by molar-refractivity contribution is 7.89. The summed E-state index contributed by atoms with van der Waals surface area (Å²) in [4.78, 5) is 6.87. The number of aliphatic imine (C=N–C) groups is 1. The first-order valence-corrected chi connectivity index (χ1v) is 10.5. The zero-order chi connectivity index (χ0) is 19.9. The third-order valence-electron chi connectivity index (χ3n) is 3.89. The van der Waals surface area contributed by atoms with E-state index in [4.69, 9.17) is 11.6 Å². The average molecular weight is 409 g/mol. The lowest BCUT2D eigenvalue weighted by Crippen LogP contribution is -2.38. The highest BCUT2D eigenvalue weighted by Crippen LogP contribution is 2.14. The summed E-state index contributed by atoms with van der Waals surface area (Å²) < 4.78 is 26.2. The molecule has 0 aromatic heterocycles. The monoisotopic (exact) mass is 408 g/mol. The van der Waals surface area contributed by atoms with Gasteiger partial charge in [-0.1, -0.05) is 35.9 Å². The smallest absolute Gasteiger partial charge is 0.240 e. The van der Waals surface area contributed by atoms with E-state index in [9.17, 15) is 8.42 Å². The van der Waals surface area contributed by atoms with E-state index in [1.54, 1.807) is 18.2 Å². The fraction of sp³-hybridized carbons (Fsp3) is 0.316. The van der Waals surface area contributed by atoms with Crippen LogP contribution < -0.4 is 10.0 Å². The van der Waals surface area contributed by atoms with E-state index in [2.05, 4.69) is 15.0 Å².